The summed E-state index contributed by atoms with van der Waals surface area (Å²) in [7, 11) is 0. The van der Waals surface area contributed by atoms with Gasteiger partial charge in [0.25, 0.3) is 0 Å². The largest absolute Gasteiger partial charge is 0.357 e. The van der Waals surface area contributed by atoms with E-state index in [2.05, 4.69) is 45.3 Å². The predicted molar refractivity (Wildman–Crippen MR) is 110 cm³/mol. The Labute approximate surface area is 161 Å². The van der Waals surface area contributed by atoms with Crippen LogP contribution in [0.2, 0.25) is 0 Å². The van der Waals surface area contributed by atoms with Crippen molar-refractivity contribution in [3.05, 3.63) is 75.1 Å². The third-order valence-corrected chi connectivity index (χ3v) is 5.38. The summed E-state index contributed by atoms with van der Waals surface area (Å²) in [5, 5.41) is 8.66. The zero-order valence-corrected chi connectivity index (χ0v) is 16.3. The fraction of sp³-hybridized carbons (Fsp3) is 0.190. The molecule has 0 unspecified atom stereocenters. The molecule has 0 spiro atoms. The van der Waals surface area contributed by atoms with Gasteiger partial charge in [-0.05, 0) is 38.0 Å². The summed E-state index contributed by atoms with van der Waals surface area (Å²) >= 11 is 1.49. The molecule has 0 aliphatic rings. The van der Waals surface area contributed by atoms with Crippen LogP contribution in [0.3, 0.4) is 0 Å². The Morgan fingerprint density at radius 1 is 1.00 bits per heavy atom. The smallest absolute Gasteiger partial charge is 0.209 e. The summed E-state index contributed by atoms with van der Waals surface area (Å²) < 4.78 is 0. The molecule has 0 amide bonds. The van der Waals surface area contributed by atoms with Gasteiger partial charge in [-0.15, -0.1) is 5.10 Å². The number of benzene rings is 2. The number of pyridine rings is 1. The molecule has 6 heteroatoms. The maximum Gasteiger partial charge on any atom is 0.209 e. The average Bonchev–Trinajstić information content (AvgIpc) is 3.10. The van der Waals surface area contributed by atoms with Crippen molar-refractivity contribution in [1.29, 1.82) is 0 Å². The van der Waals surface area contributed by atoms with E-state index in [4.69, 9.17) is 0 Å². The Bertz CT molecular complexity index is 1180. The zero-order chi connectivity index (χ0) is 19.0. The Morgan fingerprint density at radius 3 is 2.56 bits per heavy atom. The lowest BCUT2D eigenvalue weighted by atomic mass is 10.1. The van der Waals surface area contributed by atoms with Crippen molar-refractivity contribution in [2.45, 2.75) is 31.7 Å². The number of thioether (sulfide) groups is 1. The number of nitrogens with one attached hydrogen (secondary N) is 2. The lowest BCUT2D eigenvalue weighted by Gasteiger charge is -2.07. The quantitative estimate of drug-likeness (QED) is 0.513. The van der Waals surface area contributed by atoms with Crippen LogP contribution in [0.4, 0.5) is 0 Å². The van der Waals surface area contributed by atoms with Gasteiger partial charge in [-0.2, -0.15) is 0 Å². The van der Waals surface area contributed by atoms with Crippen LogP contribution in [0.15, 0.2) is 52.4 Å². The van der Waals surface area contributed by atoms with Crippen LogP contribution in [0.25, 0.3) is 22.3 Å². The van der Waals surface area contributed by atoms with E-state index in [9.17, 15) is 4.79 Å². The molecule has 136 valence electrons. The first-order valence-electron chi connectivity index (χ1n) is 8.75. The molecule has 0 saturated carbocycles. The summed E-state index contributed by atoms with van der Waals surface area (Å²) in [4.78, 5) is 20.4. The van der Waals surface area contributed by atoms with Gasteiger partial charge in [-0.25, -0.2) is 4.98 Å². The number of aromatic nitrogens is 4. The van der Waals surface area contributed by atoms with Gasteiger partial charge in [0, 0.05) is 28.5 Å². The van der Waals surface area contributed by atoms with E-state index in [1.54, 1.807) is 6.07 Å². The molecule has 2 aromatic heterocycles. The van der Waals surface area contributed by atoms with Crippen molar-refractivity contribution in [2.24, 2.45) is 0 Å². The van der Waals surface area contributed by atoms with Crippen LogP contribution in [-0.2, 0) is 5.75 Å². The molecule has 0 aliphatic carbocycles. The maximum atomic E-state index is 12.5. The molecule has 0 aliphatic heterocycles. The average molecular weight is 376 g/mol. The van der Waals surface area contributed by atoms with E-state index < -0.39 is 0 Å². The fourth-order valence-corrected chi connectivity index (χ4v) is 3.84. The van der Waals surface area contributed by atoms with Crippen LogP contribution < -0.4 is 5.43 Å². The Kier molecular flexibility index (Phi) is 4.58. The number of hydrogen-bond donors (Lipinski definition) is 2. The minimum atomic E-state index is 0.0430. The molecule has 0 fully saturated rings. The summed E-state index contributed by atoms with van der Waals surface area (Å²) in [5.41, 5.74) is 6.20. The van der Waals surface area contributed by atoms with Crippen molar-refractivity contribution >= 4 is 22.7 Å². The van der Waals surface area contributed by atoms with E-state index in [-0.39, 0.29) is 5.43 Å². The molecule has 4 rings (SSSR count). The summed E-state index contributed by atoms with van der Waals surface area (Å²) in [6.45, 7) is 6.08. The predicted octanol–water partition coefficient (Wildman–Crippen LogP) is 4.53. The second-order valence-corrected chi connectivity index (χ2v) is 7.73. The first kappa shape index (κ1) is 17.5. The molecule has 4 aromatic rings. The summed E-state index contributed by atoms with van der Waals surface area (Å²) in [5.74, 6) is 1.35. The Hall–Kier alpha value is -2.86. The van der Waals surface area contributed by atoms with Gasteiger partial charge in [0.15, 0.2) is 11.3 Å². The normalized spacial score (nSPS) is 11.2. The van der Waals surface area contributed by atoms with E-state index in [1.807, 2.05) is 32.0 Å². The highest BCUT2D eigenvalue weighted by Gasteiger charge is 2.09. The molecule has 5 nitrogen and oxygen atoms in total. The molecular weight excluding hydrogens is 356 g/mol. The topological polar surface area (TPSA) is 74.4 Å². The lowest BCUT2D eigenvalue weighted by molar-refractivity contribution is 0.972. The van der Waals surface area contributed by atoms with Crippen LogP contribution in [0, 0.1) is 20.8 Å². The van der Waals surface area contributed by atoms with Crippen LogP contribution >= 0.6 is 11.8 Å². The number of aromatic amines is 2. The third kappa shape index (κ3) is 3.66. The molecular formula is C21H20N4OS. The van der Waals surface area contributed by atoms with Crippen LogP contribution in [0.1, 0.15) is 22.4 Å². The highest BCUT2D eigenvalue weighted by Crippen LogP contribution is 2.23. The number of hydrogen-bond acceptors (Lipinski definition) is 4. The van der Waals surface area contributed by atoms with Gasteiger partial charge >= 0.3 is 0 Å². The monoisotopic (exact) mass is 376 g/mol. The van der Waals surface area contributed by atoms with Crippen molar-refractivity contribution in [2.75, 3.05) is 0 Å². The second kappa shape index (κ2) is 7.04. The zero-order valence-electron chi connectivity index (χ0n) is 15.5. The molecule has 0 saturated heterocycles. The minimum absolute atomic E-state index is 0.0430. The molecule has 0 bridgehead atoms. The molecule has 2 N–H and O–H groups in total. The van der Waals surface area contributed by atoms with Gasteiger partial charge in [-0.1, -0.05) is 47.7 Å². The Morgan fingerprint density at radius 2 is 1.78 bits per heavy atom. The fourth-order valence-electron chi connectivity index (χ4n) is 3.13. The van der Waals surface area contributed by atoms with Crippen molar-refractivity contribution in [3.8, 4) is 11.4 Å². The van der Waals surface area contributed by atoms with E-state index >= 15 is 0 Å². The maximum absolute atomic E-state index is 12.5. The number of H-pyrrole nitrogens is 2. The molecule has 2 aromatic carbocycles. The van der Waals surface area contributed by atoms with E-state index in [0.29, 0.717) is 10.9 Å². The molecule has 0 atom stereocenters. The number of aryl methyl sites for hydroxylation is 3. The van der Waals surface area contributed by atoms with Gasteiger partial charge in [0.1, 0.15) is 0 Å². The van der Waals surface area contributed by atoms with Gasteiger partial charge in [0.05, 0.1) is 5.52 Å². The number of nitrogens with zero attached hydrogens (tertiary/aromatic N) is 2. The first-order valence-corrected chi connectivity index (χ1v) is 9.73. The molecule has 27 heavy (non-hydrogen) atoms. The standard InChI is InChI=1S/C21H20N4OS/c1-12-4-6-15(7-5-12)20-23-21(25-24-20)27-11-16-10-18(26)17-9-13(2)8-14(3)19(17)22-16/h4-10H,11H2,1-3H3,(H,22,26)(H,23,24,25). The van der Waals surface area contributed by atoms with Crippen LogP contribution in [-0.4, -0.2) is 20.2 Å². The van der Waals surface area contributed by atoms with Gasteiger partial charge < -0.3 is 4.98 Å². The minimum Gasteiger partial charge on any atom is -0.357 e. The number of rotatable bonds is 4. The number of fused-ring (bicyclic) bond motifs is 1. The highest BCUT2D eigenvalue weighted by molar-refractivity contribution is 7.98. The summed E-state index contributed by atoms with van der Waals surface area (Å²) in [6, 6.07) is 13.8. The highest BCUT2D eigenvalue weighted by atomic mass is 32.2. The van der Waals surface area contributed by atoms with E-state index in [1.165, 1.54) is 17.3 Å². The van der Waals surface area contributed by atoms with Crippen molar-refractivity contribution < 1.29 is 0 Å². The molecule has 0 radical (unpaired) electrons. The SMILES string of the molecule is Cc1ccc(-c2nc(SCc3cc(=O)c4cc(C)cc(C)c4[nH]3)n[nH]2)cc1. The van der Waals surface area contributed by atoms with Crippen molar-refractivity contribution in [1.82, 2.24) is 20.2 Å². The second-order valence-electron chi connectivity index (χ2n) is 6.78. The lowest BCUT2D eigenvalue weighted by Crippen LogP contribution is -2.06. The summed E-state index contributed by atoms with van der Waals surface area (Å²) in [6.07, 6.45) is 0. The van der Waals surface area contributed by atoms with Crippen molar-refractivity contribution in [3.63, 3.8) is 0 Å². The third-order valence-electron chi connectivity index (χ3n) is 4.48. The molecule has 2 heterocycles. The van der Waals surface area contributed by atoms with Gasteiger partial charge in [-0.3, -0.25) is 9.89 Å². The van der Waals surface area contributed by atoms with E-state index in [0.717, 1.165) is 39.1 Å². The Balaban J connectivity index is 1.55. The van der Waals surface area contributed by atoms with Gasteiger partial charge in [0.2, 0.25) is 5.16 Å². The first-order chi connectivity index (χ1) is 13.0. The van der Waals surface area contributed by atoms with Crippen LogP contribution in [0.5, 0.6) is 0 Å².